The van der Waals surface area contributed by atoms with Crippen LogP contribution < -0.4 is 0 Å². The first-order valence-electron chi connectivity index (χ1n) is 7.14. The van der Waals surface area contributed by atoms with Crippen molar-refractivity contribution in [3.8, 4) is 0 Å². The summed E-state index contributed by atoms with van der Waals surface area (Å²) in [5.74, 6) is -1.39. The fourth-order valence-corrected chi connectivity index (χ4v) is 3.25. The van der Waals surface area contributed by atoms with Crippen molar-refractivity contribution in [2.75, 3.05) is 26.2 Å². The molecule has 2 aliphatic heterocycles. The molecule has 0 spiro atoms. The summed E-state index contributed by atoms with van der Waals surface area (Å²) in [4.78, 5) is 14.2. The average molecular weight is 294 g/mol. The second-order valence-electron chi connectivity index (χ2n) is 5.69. The molecule has 2 aliphatic rings. The van der Waals surface area contributed by atoms with E-state index in [0.717, 1.165) is 25.9 Å². The summed E-state index contributed by atoms with van der Waals surface area (Å²) in [6.45, 7) is 2.57. The van der Waals surface area contributed by atoms with Crippen LogP contribution in [0.5, 0.6) is 0 Å². The first-order chi connectivity index (χ1) is 9.38. The van der Waals surface area contributed by atoms with E-state index in [1.807, 2.05) is 0 Å². The van der Waals surface area contributed by atoms with Crippen LogP contribution in [0.2, 0.25) is 0 Å². The molecule has 2 heterocycles. The van der Waals surface area contributed by atoms with E-state index >= 15 is 0 Å². The Balaban J connectivity index is 1.96. The number of carbonyl (C=O) groups is 1. The number of rotatable bonds is 4. The number of piperidine rings is 1. The second-order valence-corrected chi connectivity index (χ2v) is 5.69. The van der Waals surface area contributed by atoms with Crippen molar-refractivity contribution in [1.82, 2.24) is 9.80 Å². The fraction of sp³-hybridized carbons (Fsp3) is 0.923. The van der Waals surface area contributed by atoms with Gasteiger partial charge in [0.25, 0.3) is 0 Å². The van der Waals surface area contributed by atoms with Crippen LogP contribution in [0.15, 0.2) is 0 Å². The highest BCUT2D eigenvalue weighted by molar-refractivity contribution is 5.67. The molecule has 0 aromatic carbocycles. The molecular formula is C13H21F3N2O2. The van der Waals surface area contributed by atoms with E-state index < -0.39 is 24.6 Å². The van der Waals surface area contributed by atoms with Crippen LogP contribution in [-0.4, -0.2) is 65.3 Å². The summed E-state index contributed by atoms with van der Waals surface area (Å²) >= 11 is 0. The number of nitrogens with zero attached hydrogens (tertiary/aromatic N) is 2. The molecule has 1 N–H and O–H groups in total. The van der Waals surface area contributed by atoms with Crippen LogP contribution >= 0.6 is 0 Å². The lowest BCUT2D eigenvalue weighted by atomic mass is 10.1. The third-order valence-electron chi connectivity index (χ3n) is 4.29. The maximum absolute atomic E-state index is 13.0. The van der Waals surface area contributed by atoms with Crippen molar-refractivity contribution >= 4 is 5.97 Å². The molecule has 4 nitrogen and oxygen atoms in total. The number of hydrogen-bond acceptors (Lipinski definition) is 3. The predicted octanol–water partition coefficient (Wildman–Crippen LogP) is 1.95. The van der Waals surface area contributed by atoms with Crippen molar-refractivity contribution in [1.29, 1.82) is 0 Å². The molecule has 116 valence electrons. The Morgan fingerprint density at radius 3 is 2.40 bits per heavy atom. The van der Waals surface area contributed by atoms with Crippen LogP contribution in [-0.2, 0) is 4.79 Å². The molecule has 2 rings (SSSR count). The Morgan fingerprint density at radius 2 is 1.85 bits per heavy atom. The molecule has 20 heavy (non-hydrogen) atoms. The number of carboxylic acids is 1. The molecule has 2 saturated heterocycles. The van der Waals surface area contributed by atoms with Gasteiger partial charge >= 0.3 is 12.1 Å². The summed E-state index contributed by atoms with van der Waals surface area (Å²) in [5.41, 5.74) is 0. The van der Waals surface area contributed by atoms with Gasteiger partial charge in [-0.1, -0.05) is 6.42 Å². The van der Waals surface area contributed by atoms with Crippen LogP contribution in [0.3, 0.4) is 0 Å². The monoisotopic (exact) mass is 294 g/mol. The Kier molecular flexibility index (Phi) is 4.90. The molecule has 2 unspecified atom stereocenters. The molecule has 0 aliphatic carbocycles. The lowest BCUT2D eigenvalue weighted by Gasteiger charge is -2.33. The van der Waals surface area contributed by atoms with Gasteiger partial charge in [-0.15, -0.1) is 0 Å². The van der Waals surface area contributed by atoms with Crippen molar-refractivity contribution < 1.29 is 23.1 Å². The zero-order valence-electron chi connectivity index (χ0n) is 11.4. The Hall–Kier alpha value is -0.820. The van der Waals surface area contributed by atoms with E-state index in [2.05, 4.69) is 4.90 Å². The predicted molar refractivity (Wildman–Crippen MR) is 67.5 cm³/mol. The van der Waals surface area contributed by atoms with Crippen molar-refractivity contribution in [3.63, 3.8) is 0 Å². The van der Waals surface area contributed by atoms with E-state index in [9.17, 15) is 18.0 Å². The molecule has 2 fully saturated rings. The van der Waals surface area contributed by atoms with Crippen LogP contribution in [0, 0.1) is 0 Å². The highest BCUT2D eigenvalue weighted by atomic mass is 19.4. The molecule has 0 radical (unpaired) electrons. The maximum atomic E-state index is 13.0. The highest BCUT2D eigenvalue weighted by Gasteiger charge is 2.47. The lowest BCUT2D eigenvalue weighted by molar-refractivity contribution is -0.188. The van der Waals surface area contributed by atoms with Crippen LogP contribution in [0.25, 0.3) is 0 Å². The summed E-state index contributed by atoms with van der Waals surface area (Å²) in [6.07, 6.45) is -1.24. The van der Waals surface area contributed by atoms with Gasteiger partial charge in [0, 0.05) is 19.1 Å². The fourth-order valence-electron chi connectivity index (χ4n) is 3.25. The molecule has 0 aromatic rings. The van der Waals surface area contributed by atoms with Gasteiger partial charge in [-0.25, -0.2) is 0 Å². The number of hydrogen-bond donors (Lipinski definition) is 1. The van der Waals surface area contributed by atoms with Crippen molar-refractivity contribution in [3.05, 3.63) is 0 Å². The highest BCUT2D eigenvalue weighted by Crippen LogP contribution is 2.31. The van der Waals surface area contributed by atoms with E-state index in [4.69, 9.17) is 5.11 Å². The summed E-state index contributed by atoms with van der Waals surface area (Å²) in [7, 11) is 0. The third kappa shape index (κ3) is 3.85. The van der Waals surface area contributed by atoms with Crippen molar-refractivity contribution in [2.45, 2.75) is 50.4 Å². The van der Waals surface area contributed by atoms with Gasteiger partial charge in [0.1, 0.15) is 6.04 Å². The smallest absolute Gasteiger partial charge is 0.404 e. The van der Waals surface area contributed by atoms with Gasteiger partial charge in [0.05, 0.1) is 6.42 Å². The van der Waals surface area contributed by atoms with E-state index in [0.29, 0.717) is 19.5 Å². The molecule has 0 aromatic heterocycles. The van der Waals surface area contributed by atoms with E-state index in [1.54, 1.807) is 0 Å². The lowest BCUT2D eigenvalue weighted by Crippen LogP contribution is -2.48. The molecule has 0 bridgehead atoms. The molecule has 0 amide bonds. The minimum atomic E-state index is -4.48. The first-order valence-corrected chi connectivity index (χ1v) is 7.14. The maximum Gasteiger partial charge on any atom is 0.404 e. The minimum Gasteiger partial charge on any atom is -0.481 e. The summed E-state index contributed by atoms with van der Waals surface area (Å²) < 4.78 is 38.9. The Bertz CT molecular complexity index is 343. The normalized spacial score (nSPS) is 27.6. The molecule has 2 atom stereocenters. The van der Waals surface area contributed by atoms with Gasteiger partial charge in [-0.05, 0) is 32.4 Å². The van der Waals surface area contributed by atoms with E-state index in [-0.39, 0.29) is 6.04 Å². The standard InChI is InChI=1S/C13H21F3N2O2/c14-13(15,16)11(8-12(19)20)18-7-4-10(9-18)17-5-2-1-3-6-17/h10-11H,1-9H2,(H,19,20). The molecule has 7 heteroatoms. The number of carboxylic acid groups (broad SMARTS) is 1. The number of likely N-dealkylation sites (tertiary alicyclic amines) is 2. The Labute approximate surface area is 116 Å². The summed E-state index contributed by atoms with van der Waals surface area (Å²) in [6, 6.07) is -1.70. The van der Waals surface area contributed by atoms with Gasteiger partial charge in [-0.2, -0.15) is 13.2 Å². The number of aliphatic carboxylic acids is 1. The quantitative estimate of drug-likeness (QED) is 0.861. The zero-order chi connectivity index (χ0) is 14.8. The van der Waals surface area contributed by atoms with Gasteiger partial charge < -0.3 is 5.11 Å². The zero-order valence-corrected chi connectivity index (χ0v) is 11.4. The van der Waals surface area contributed by atoms with Crippen molar-refractivity contribution in [2.24, 2.45) is 0 Å². The summed E-state index contributed by atoms with van der Waals surface area (Å²) in [5, 5.41) is 8.69. The van der Waals surface area contributed by atoms with Gasteiger partial charge in [0.2, 0.25) is 0 Å². The number of halogens is 3. The second kappa shape index (κ2) is 6.30. The topological polar surface area (TPSA) is 43.8 Å². The van der Waals surface area contributed by atoms with Crippen LogP contribution in [0.1, 0.15) is 32.1 Å². The SMILES string of the molecule is O=C(O)CC(N1CCC(N2CCCCC2)C1)C(F)(F)F. The van der Waals surface area contributed by atoms with E-state index in [1.165, 1.54) is 11.3 Å². The largest absolute Gasteiger partial charge is 0.481 e. The van der Waals surface area contributed by atoms with Gasteiger partial charge in [0.15, 0.2) is 0 Å². The first kappa shape index (κ1) is 15.6. The minimum absolute atomic E-state index is 0.147. The third-order valence-corrected chi connectivity index (χ3v) is 4.29. The number of alkyl halides is 3. The Morgan fingerprint density at radius 1 is 1.20 bits per heavy atom. The average Bonchev–Trinajstić information content (AvgIpc) is 2.84. The molecular weight excluding hydrogens is 273 g/mol. The van der Waals surface area contributed by atoms with Gasteiger partial charge in [-0.3, -0.25) is 14.6 Å². The van der Waals surface area contributed by atoms with Crippen LogP contribution in [0.4, 0.5) is 13.2 Å². The molecule has 0 saturated carbocycles.